The van der Waals surface area contributed by atoms with Gasteiger partial charge in [-0.15, -0.1) is 11.3 Å². The first-order chi connectivity index (χ1) is 8.08. The lowest BCUT2D eigenvalue weighted by Gasteiger charge is -2.14. The molecule has 0 radical (unpaired) electrons. The normalized spacial score (nSPS) is 12.5. The van der Waals surface area contributed by atoms with Gasteiger partial charge in [0.25, 0.3) is 0 Å². The van der Waals surface area contributed by atoms with Gasteiger partial charge >= 0.3 is 0 Å². The molecule has 90 valence electrons. The van der Waals surface area contributed by atoms with Gasteiger partial charge < -0.3 is 5.32 Å². The van der Waals surface area contributed by atoms with E-state index in [0.717, 1.165) is 11.4 Å². The third-order valence-corrected chi connectivity index (χ3v) is 3.88. The maximum atomic E-state index is 13.0. The topological polar surface area (TPSA) is 24.9 Å². The molecule has 1 unspecified atom stereocenters. The Hall–Kier alpha value is -1.13. The average Bonchev–Trinajstić information content (AvgIpc) is 2.70. The molecule has 1 aromatic heterocycles. The van der Waals surface area contributed by atoms with Crippen LogP contribution in [0.5, 0.6) is 0 Å². The average molecular weight is 271 g/mol. The molecule has 0 saturated heterocycles. The van der Waals surface area contributed by atoms with Crippen molar-refractivity contribution in [3.8, 4) is 0 Å². The van der Waals surface area contributed by atoms with Gasteiger partial charge in [0.15, 0.2) is 0 Å². The quantitative estimate of drug-likeness (QED) is 0.893. The fourth-order valence-corrected chi connectivity index (χ4v) is 2.62. The molecule has 0 aliphatic heterocycles. The van der Waals surface area contributed by atoms with E-state index in [0.29, 0.717) is 0 Å². The molecule has 0 bridgehead atoms. The van der Waals surface area contributed by atoms with E-state index in [1.54, 1.807) is 23.5 Å². The van der Waals surface area contributed by atoms with Gasteiger partial charge in [0.1, 0.15) is 5.82 Å². The summed E-state index contributed by atoms with van der Waals surface area (Å²) in [4.78, 5) is 5.38. The van der Waals surface area contributed by atoms with E-state index in [2.05, 4.69) is 10.3 Å². The molecule has 1 atom stereocenters. The van der Waals surface area contributed by atoms with Gasteiger partial charge in [-0.25, -0.2) is 9.37 Å². The molecule has 0 amide bonds. The van der Waals surface area contributed by atoms with E-state index in [9.17, 15) is 4.39 Å². The summed E-state index contributed by atoms with van der Waals surface area (Å²) in [6, 6.07) is 4.75. The molecule has 2 nitrogen and oxygen atoms in total. The lowest BCUT2D eigenvalue weighted by molar-refractivity contribution is 0.628. The number of thiazole rings is 1. The zero-order valence-electron chi connectivity index (χ0n) is 9.50. The molecule has 1 N–H and O–H groups in total. The van der Waals surface area contributed by atoms with E-state index in [1.807, 2.05) is 19.4 Å². The van der Waals surface area contributed by atoms with Crippen molar-refractivity contribution in [3.05, 3.63) is 45.1 Å². The van der Waals surface area contributed by atoms with Crippen LogP contribution in [-0.4, -0.2) is 4.98 Å². The number of nitrogens with one attached hydrogen (secondary N) is 1. The van der Waals surface area contributed by atoms with Crippen molar-refractivity contribution >= 4 is 28.6 Å². The van der Waals surface area contributed by atoms with Crippen LogP contribution in [0, 0.1) is 12.7 Å². The van der Waals surface area contributed by atoms with Crippen LogP contribution in [0.1, 0.15) is 23.5 Å². The minimum atomic E-state index is -0.404. The van der Waals surface area contributed by atoms with E-state index in [1.165, 1.54) is 10.9 Å². The van der Waals surface area contributed by atoms with Crippen LogP contribution >= 0.6 is 22.9 Å². The van der Waals surface area contributed by atoms with E-state index < -0.39 is 5.82 Å². The second-order valence-electron chi connectivity index (χ2n) is 3.80. The summed E-state index contributed by atoms with van der Waals surface area (Å²) in [6.07, 6.45) is 0. The highest BCUT2D eigenvalue weighted by Gasteiger charge is 2.11. The number of halogens is 2. The molecule has 0 saturated carbocycles. The second-order valence-corrected chi connectivity index (χ2v) is 5.09. The summed E-state index contributed by atoms with van der Waals surface area (Å²) >= 11 is 7.33. The molecule has 0 aliphatic carbocycles. The molecule has 0 spiro atoms. The van der Waals surface area contributed by atoms with Crippen molar-refractivity contribution in [1.29, 1.82) is 0 Å². The molecule has 0 aliphatic rings. The van der Waals surface area contributed by atoms with Crippen LogP contribution in [0.15, 0.2) is 23.7 Å². The number of aryl methyl sites for hydroxylation is 1. The third-order valence-electron chi connectivity index (χ3n) is 2.48. The van der Waals surface area contributed by atoms with Crippen LogP contribution in [0.25, 0.3) is 0 Å². The highest BCUT2D eigenvalue weighted by molar-refractivity contribution is 7.09. The van der Waals surface area contributed by atoms with E-state index in [4.69, 9.17) is 11.6 Å². The summed E-state index contributed by atoms with van der Waals surface area (Å²) in [7, 11) is 0. The molecule has 2 aromatic rings. The monoisotopic (exact) mass is 270 g/mol. The highest BCUT2D eigenvalue weighted by atomic mass is 35.5. The molecule has 0 fully saturated rings. The molecule has 5 heteroatoms. The molecule has 1 aromatic carbocycles. The van der Waals surface area contributed by atoms with E-state index in [-0.39, 0.29) is 11.1 Å². The molecule has 17 heavy (non-hydrogen) atoms. The zero-order chi connectivity index (χ0) is 12.4. The Labute approximate surface area is 108 Å². The maximum absolute atomic E-state index is 13.0. The second kappa shape index (κ2) is 5.02. The van der Waals surface area contributed by atoms with Gasteiger partial charge in [-0.1, -0.05) is 11.6 Å². The van der Waals surface area contributed by atoms with Crippen LogP contribution in [0.3, 0.4) is 0 Å². The Morgan fingerprint density at radius 2 is 2.24 bits per heavy atom. The molecule has 2 rings (SSSR count). The lowest BCUT2D eigenvalue weighted by atomic mass is 10.2. The minimum absolute atomic E-state index is 0.128. The van der Waals surface area contributed by atoms with Gasteiger partial charge in [-0.3, -0.25) is 0 Å². The number of hydrogen-bond donors (Lipinski definition) is 1. The summed E-state index contributed by atoms with van der Waals surface area (Å²) < 4.78 is 13.0. The van der Waals surface area contributed by atoms with Crippen LogP contribution in [0.4, 0.5) is 10.1 Å². The number of hydrogen-bond acceptors (Lipinski definition) is 3. The Kier molecular flexibility index (Phi) is 3.64. The van der Waals surface area contributed by atoms with Crippen molar-refractivity contribution in [1.82, 2.24) is 4.98 Å². The number of rotatable bonds is 3. The van der Waals surface area contributed by atoms with Crippen molar-refractivity contribution < 1.29 is 4.39 Å². The van der Waals surface area contributed by atoms with E-state index >= 15 is 0 Å². The largest absolute Gasteiger partial charge is 0.378 e. The summed E-state index contributed by atoms with van der Waals surface area (Å²) in [5, 5.41) is 3.40. The number of anilines is 1. The number of benzene rings is 1. The van der Waals surface area contributed by atoms with Crippen molar-refractivity contribution in [2.24, 2.45) is 0 Å². The van der Waals surface area contributed by atoms with Crippen molar-refractivity contribution in [2.45, 2.75) is 19.9 Å². The van der Waals surface area contributed by atoms with Gasteiger partial charge in [-0.2, -0.15) is 0 Å². The van der Waals surface area contributed by atoms with Gasteiger partial charge in [0, 0.05) is 10.6 Å². The smallest absolute Gasteiger partial charge is 0.141 e. The Morgan fingerprint density at radius 3 is 2.82 bits per heavy atom. The summed E-state index contributed by atoms with van der Waals surface area (Å²) in [5.74, 6) is -0.404. The number of aromatic nitrogens is 1. The molecule has 1 heterocycles. The zero-order valence-corrected chi connectivity index (χ0v) is 11.1. The number of nitrogens with zero attached hydrogens (tertiary/aromatic N) is 1. The molecular formula is C12H12ClFN2S. The Balaban J connectivity index is 2.16. The first-order valence-electron chi connectivity index (χ1n) is 5.19. The fraction of sp³-hybridized carbons (Fsp3) is 0.250. The van der Waals surface area contributed by atoms with Crippen LogP contribution < -0.4 is 5.32 Å². The highest BCUT2D eigenvalue weighted by Crippen LogP contribution is 2.27. The third kappa shape index (κ3) is 2.76. The van der Waals surface area contributed by atoms with Crippen molar-refractivity contribution in [3.63, 3.8) is 0 Å². The molecular weight excluding hydrogens is 259 g/mol. The predicted octanol–water partition coefficient (Wildman–Crippen LogP) is 4.42. The van der Waals surface area contributed by atoms with Gasteiger partial charge in [-0.05, 0) is 32.0 Å². The standard InChI is InChI=1S/C12H12ClFN2S/c1-7-12(17-6-15-7)8(2)16-9-3-4-11(14)10(13)5-9/h3-6,8,16H,1-2H3. The minimum Gasteiger partial charge on any atom is -0.378 e. The predicted molar refractivity (Wildman–Crippen MR) is 70.3 cm³/mol. The fourth-order valence-electron chi connectivity index (χ4n) is 1.63. The van der Waals surface area contributed by atoms with Gasteiger partial charge in [0.05, 0.1) is 22.3 Å². The Morgan fingerprint density at radius 1 is 1.47 bits per heavy atom. The first-order valence-corrected chi connectivity index (χ1v) is 6.45. The Bertz CT molecular complexity index is 527. The summed E-state index contributed by atoms with van der Waals surface area (Å²) in [6.45, 7) is 4.01. The maximum Gasteiger partial charge on any atom is 0.141 e. The summed E-state index contributed by atoms with van der Waals surface area (Å²) in [5.41, 5.74) is 3.64. The van der Waals surface area contributed by atoms with Gasteiger partial charge in [0.2, 0.25) is 0 Å². The van der Waals surface area contributed by atoms with Crippen molar-refractivity contribution in [2.75, 3.05) is 5.32 Å². The van der Waals surface area contributed by atoms with Crippen LogP contribution in [-0.2, 0) is 0 Å². The van der Waals surface area contributed by atoms with Crippen LogP contribution in [0.2, 0.25) is 5.02 Å². The first kappa shape index (κ1) is 12.3. The lowest BCUT2D eigenvalue weighted by Crippen LogP contribution is -2.06. The SMILES string of the molecule is Cc1ncsc1C(C)Nc1ccc(F)c(Cl)c1.